The Hall–Kier alpha value is -0.540. The average Bonchev–Trinajstić information content (AvgIpc) is 1.99. The van der Waals surface area contributed by atoms with E-state index in [0.29, 0.717) is 0 Å². The van der Waals surface area contributed by atoms with Crippen LogP contribution in [0.4, 0.5) is 5.69 Å². The molecular formula is C8H11BrN2. The number of nitrogens with one attached hydrogen (secondary N) is 1. The largest absolute Gasteiger partial charge is 0.324 e. The van der Waals surface area contributed by atoms with Gasteiger partial charge in [-0.25, -0.2) is 0 Å². The molecule has 0 spiro atoms. The first kappa shape index (κ1) is 8.56. The van der Waals surface area contributed by atoms with Crippen LogP contribution in [0.15, 0.2) is 16.6 Å². The van der Waals surface area contributed by atoms with Gasteiger partial charge in [-0.3, -0.25) is 5.84 Å². The number of nitrogen functional groups attached to an aromatic ring is 1. The average molecular weight is 215 g/mol. The van der Waals surface area contributed by atoms with Gasteiger partial charge in [-0.1, -0.05) is 15.9 Å². The van der Waals surface area contributed by atoms with Crippen molar-refractivity contribution in [3.8, 4) is 0 Å². The van der Waals surface area contributed by atoms with E-state index in [0.717, 1.165) is 10.2 Å². The number of benzene rings is 1. The zero-order chi connectivity index (χ0) is 8.43. The Bertz CT molecular complexity index is 248. The molecule has 0 radical (unpaired) electrons. The highest BCUT2D eigenvalue weighted by Gasteiger charge is 1.99. The SMILES string of the molecule is Cc1cc(NN)cc(C)c1Br. The van der Waals surface area contributed by atoms with Gasteiger partial charge in [-0.2, -0.15) is 0 Å². The zero-order valence-corrected chi connectivity index (χ0v) is 8.20. The second-order valence-electron chi connectivity index (χ2n) is 2.57. The van der Waals surface area contributed by atoms with Crippen LogP contribution < -0.4 is 11.3 Å². The predicted molar refractivity (Wildman–Crippen MR) is 51.4 cm³/mol. The van der Waals surface area contributed by atoms with Crippen LogP contribution in [0.2, 0.25) is 0 Å². The Morgan fingerprint density at radius 3 is 2.09 bits per heavy atom. The molecule has 0 bridgehead atoms. The van der Waals surface area contributed by atoms with E-state index in [1.165, 1.54) is 11.1 Å². The minimum absolute atomic E-state index is 0.947. The third-order valence-electron chi connectivity index (χ3n) is 1.60. The lowest BCUT2D eigenvalue weighted by Crippen LogP contribution is -2.07. The Balaban J connectivity index is 3.21. The second-order valence-corrected chi connectivity index (χ2v) is 3.36. The maximum Gasteiger partial charge on any atom is 0.0491 e. The van der Waals surface area contributed by atoms with Crippen LogP contribution in [-0.4, -0.2) is 0 Å². The predicted octanol–water partition coefficient (Wildman–Crippen LogP) is 2.35. The molecule has 0 amide bonds. The summed E-state index contributed by atoms with van der Waals surface area (Å²) in [6.07, 6.45) is 0. The van der Waals surface area contributed by atoms with Gasteiger partial charge in [-0.05, 0) is 37.1 Å². The van der Waals surface area contributed by atoms with Gasteiger partial charge >= 0.3 is 0 Å². The van der Waals surface area contributed by atoms with Gasteiger partial charge in [0.25, 0.3) is 0 Å². The maximum absolute atomic E-state index is 5.27. The quantitative estimate of drug-likeness (QED) is 0.557. The number of hydrazine groups is 1. The number of hydrogen-bond donors (Lipinski definition) is 2. The van der Waals surface area contributed by atoms with E-state index < -0.39 is 0 Å². The van der Waals surface area contributed by atoms with Crippen molar-refractivity contribution in [3.05, 3.63) is 27.7 Å². The van der Waals surface area contributed by atoms with E-state index in [1.807, 2.05) is 26.0 Å². The van der Waals surface area contributed by atoms with Gasteiger partial charge in [-0.15, -0.1) is 0 Å². The topological polar surface area (TPSA) is 38.0 Å². The van der Waals surface area contributed by atoms with Crippen LogP contribution in [0.3, 0.4) is 0 Å². The van der Waals surface area contributed by atoms with E-state index in [4.69, 9.17) is 5.84 Å². The van der Waals surface area contributed by atoms with Crippen molar-refractivity contribution >= 4 is 21.6 Å². The number of hydrogen-bond acceptors (Lipinski definition) is 2. The molecular weight excluding hydrogens is 204 g/mol. The molecule has 1 aromatic carbocycles. The normalized spacial score (nSPS) is 9.82. The van der Waals surface area contributed by atoms with Gasteiger partial charge in [0, 0.05) is 10.2 Å². The molecule has 3 heteroatoms. The van der Waals surface area contributed by atoms with Crippen molar-refractivity contribution in [1.82, 2.24) is 0 Å². The summed E-state index contributed by atoms with van der Waals surface area (Å²) in [6, 6.07) is 3.99. The van der Waals surface area contributed by atoms with Crippen LogP contribution in [0.25, 0.3) is 0 Å². The molecule has 0 atom stereocenters. The van der Waals surface area contributed by atoms with Crippen molar-refractivity contribution in [1.29, 1.82) is 0 Å². The fourth-order valence-corrected chi connectivity index (χ4v) is 1.26. The molecule has 3 N–H and O–H groups in total. The zero-order valence-electron chi connectivity index (χ0n) is 6.61. The Morgan fingerprint density at radius 2 is 1.73 bits per heavy atom. The van der Waals surface area contributed by atoms with Gasteiger partial charge in [0.05, 0.1) is 0 Å². The van der Waals surface area contributed by atoms with Crippen molar-refractivity contribution < 1.29 is 0 Å². The van der Waals surface area contributed by atoms with E-state index >= 15 is 0 Å². The minimum Gasteiger partial charge on any atom is -0.324 e. The first-order valence-electron chi connectivity index (χ1n) is 3.38. The molecule has 0 heterocycles. The van der Waals surface area contributed by atoms with Gasteiger partial charge in [0.2, 0.25) is 0 Å². The van der Waals surface area contributed by atoms with E-state index in [1.54, 1.807) is 0 Å². The highest BCUT2D eigenvalue weighted by atomic mass is 79.9. The molecule has 11 heavy (non-hydrogen) atoms. The molecule has 0 aliphatic carbocycles. The number of halogens is 1. The second kappa shape index (κ2) is 3.24. The Kier molecular flexibility index (Phi) is 2.52. The lowest BCUT2D eigenvalue weighted by atomic mass is 10.1. The van der Waals surface area contributed by atoms with Crippen molar-refractivity contribution in [3.63, 3.8) is 0 Å². The fraction of sp³-hybridized carbons (Fsp3) is 0.250. The van der Waals surface area contributed by atoms with Gasteiger partial charge in [0.15, 0.2) is 0 Å². The van der Waals surface area contributed by atoms with Crippen LogP contribution in [0.1, 0.15) is 11.1 Å². The summed E-state index contributed by atoms with van der Waals surface area (Å²) in [5.74, 6) is 5.27. The lowest BCUT2D eigenvalue weighted by Gasteiger charge is -2.06. The van der Waals surface area contributed by atoms with Gasteiger partial charge < -0.3 is 5.43 Å². The summed E-state index contributed by atoms with van der Waals surface area (Å²) in [6.45, 7) is 4.08. The molecule has 0 saturated heterocycles. The molecule has 0 aromatic heterocycles. The molecule has 0 unspecified atom stereocenters. The minimum atomic E-state index is 0.947. The molecule has 0 aliphatic rings. The van der Waals surface area contributed by atoms with Crippen molar-refractivity contribution in [2.24, 2.45) is 5.84 Å². The van der Waals surface area contributed by atoms with Crippen molar-refractivity contribution in [2.75, 3.05) is 5.43 Å². The van der Waals surface area contributed by atoms with E-state index in [-0.39, 0.29) is 0 Å². The van der Waals surface area contributed by atoms with Crippen LogP contribution in [0, 0.1) is 13.8 Å². The highest BCUT2D eigenvalue weighted by molar-refractivity contribution is 9.10. The first-order valence-corrected chi connectivity index (χ1v) is 4.18. The molecule has 0 saturated carbocycles. The Labute approximate surface area is 74.9 Å². The first-order chi connectivity index (χ1) is 5.15. The maximum atomic E-state index is 5.27. The Morgan fingerprint density at radius 1 is 1.27 bits per heavy atom. The molecule has 0 aliphatic heterocycles. The summed E-state index contributed by atoms with van der Waals surface area (Å²) in [4.78, 5) is 0. The van der Waals surface area contributed by atoms with E-state index in [2.05, 4.69) is 21.4 Å². The highest BCUT2D eigenvalue weighted by Crippen LogP contribution is 2.24. The molecule has 0 fully saturated rings. The number of nitrogens with two attached hydrogens (primary N) is 1. The summed E-state index contributed by atoms with van der Waals surface area (Å²) in [7, 11) is 0. The van der Waals surface area contributed by atoms with Crippen LogP contribution in [-0.2, 0) is 0 Å². The molecule has 1 aromatic rings. The standard InChI is InChI=1S/C8H11BrN2/c1-5-3-7(11-10)4-6(2)8(5)9/h3-4,11H,10H2,1-2H3. The fourth-order valence-electron chi connectivity index (χ4n) is 1.03. The molecule has 2 nitrogen and oxygen atoms in total. The van der Waals surface area contributed by atoms with E-state index in [9.17, 15) is 0 Å². The van der Waals surface area contributed by atoms with Crippen LogP contribution in [0.5, 0.6) is 0 Å². The third kappa shape index (κ3) is 1.73. The molecule has 60 valence electrons. The third-order valence-corrected chi connectivity index (χ3v) is 2.85. The summed E-state index contributed by atoms with van der Waals surface area (Å²) in [5, 5.41) is 0. The van der Waals surface area contributed by atoms with Crippen LogP contribution >= 0.6 is 15.9 Å². The summed E-state index contributed by atoms with van der Waals surface area (Å²) in [5.41, 5.74) is 5.95. The monoisotopic (exact) mass is 214 g/mol. The number of rotatable bonds is 1. The molecule has 1 rings (SSSR count). The summed E-state index contributed by atoms with van der Waals surface area (Å²) < 4.78 is 1.15. The van der Waals surface area contributed by atoms with Crippen molar-refractivity contribution in [2.45, 2.75) is 13.8 Å². The smallest absolute Gasteiger partial charge is 0.0491 e. The summed E-state index contributed by atoms with van der Waals surface area (Å²) >= 11 is 3.47. The number of anilines is 1. The lowest BCUT2D eigenvalue weighted by molar-refractivity contribution is 1.29. The number of aryl methyl sites for hydroxylation is 2. The van der Waals surface area contributed by atoms with Gasteiger partial charge in [0.1, 0.15) is 0 Å².